The van der Waals surface area contributed by atoms with E-state index in [0.29, 0.717) is 25.2 Å². The monoisotopic (exact) mass is 298 g/mol. The van der Waals surface area contributed by atoms with Gasteiger partial charge in [0.2, 0.25) is 0 Å². The predicted molar refractivity (Wildman–Crippen MR) is 82.0 cm³/mol. The van der Waals surface area contributed by atoms with E-state index in [1.54, 1.807) is 6.92 Å². The number of morpholine rings is 1. The first kappa shape index (κ1) is 16.7. The molecule has 1 heterocycles. The lowest BCUT2D eigenvalue weighted by atomic mass is 9.96. The average molecular weight is 298 g/mol. The molecule has 0 radical (unpaired) electrons. The first-order chi connectivity index (χ1) is 10.0. The minimum Gasteiger partial charge on any atom is -0.465 e. The zero-order valence-electron chi connectivity index (χ0n) is 13.5. The van der Waals surface area contributed by atoms with Crippen LogP contribution in [0.25, 0.3) is 0 Å². The van der Waals surface area contributed by atoms with Crippen LogP contribution in [0.15, 0.2) is 0 Å². The molecule has 1 saturated heterocycles. The summed E-state index contributed by atoms with van der Waals surface area (Å²) in [6.07, 6.45) is 6.95. The molecule has 5 heteroatoms. The van der Waals surface area contributed by atoms with E-state index < -0.39 is 5.54 Å². The summed E-state index contributed by atoms with van der Waals surface area (Å²) in [5.41, 5.74) is 5.19. The minimum absolute atomic E-state index is 0.285. The first-order valence-electron chi connectivity index (χ1n) is 8.36. The zero-order valence-corrected chi connectivity index (χ0v) is 13.5. The summed E-state index contributed by atoms with van der Waals surface area (Å²) < 4.78 is 10.8. The van der Waals surface area contributed by atoms with Crippen LogP contribution in [0.5, 0.6) is 0 Å². The molecule has 0 aromatic rings. The molecule has 2 fully saturated rings. The van der Waals surface area contributed by atoms with Gasteiger partial charge in [-0.1, -0.05) is 0 Å². The zero-order chi connectivity index (χ0) is 15.3. The smallest absolute Gasteiger partial charge is 0.325 e. The maximum absolute atomic E-state index is 11.7. The van der Waals surface area contributed by atoms with Gasteiger partial charge in [-0.05, 0) is 58.9 Å². The largest absolute Gasteiger partial charge is 0.465 e. The van der Waals surface area contributed by atoms with Crippen LogP contribution in [0.1, 0.15) is 52.4 Å². The van der Waals surface area contributed by atoms with Crippen molar-refractivity contribution < 1.29 is 14.3 Å². The van der Waals surface area contributed by atoms with E-state index >= 15 is 0 Å². The molecule has 1 saturated carbocycles. The molecule has 0 spiro atoms. The molecular formula is C16H30N2O3. The summed E-state index contributed by atoms with van der Waals surface area (Å²) in [6, 6.07) is 0.619. The van der Waals surface area contributed by atoms with Crippen molar-refractivity contribution in [2.45, 2.75) is 70.1 Å². The Morgan fingerprint density at radius 3 is 3.00 bits per heavy atom. The number of nitrogens with two attached hydrogens (primary N) is 1. The molecule has 3 unspecified atom stereocenters. The van der Waals surface area contributed by atoms with Crippen molar-refractivity contribution in [3.63, 3.8) is 0 Å². The number of carbonyl (C=O) groups is 1. The van der Waals surface area contributed by atoms with Crippen molar-refractivity contribution in [1.29, 1.82) is 0 Å². The van der Waals surface area contributed by atoms with Crippen molar-refractivity contribution in [3.05, 3.63) is 0 Å². The fourth-order valence-electron chi connectivity index (χ4n) is 3.49. The highest BCUT2D eigenvalue weighted by Gasteiger charge is 2.35. The van der Waals surface area contributed by atoms with Crippen LogP contribution in [0, 0.1) is 0 Å². The SMILES string of the molecule is CCOC(=O)C(C)(N)CCCCN1CCOC2CCCC21. The van der Waals surface area contributed by atoms with Gasteiger partial charge in [-0.2, -0.15) is 0 Å². The average Bonchev–Trinajstić information content (AvgIpc) is 2.93. The molecular weight excluding hydrogens is 268 g/mol. The Labute approximate surface area is 128 Å². The van der Waals surface area contributed by atoms with E-state index in [9.17, 15) is 4.79 Å². The number of esters is 1. The normalized spacial score (nSPS) is 28.9. The Hall–Kier alpha value is -0.650. The molecule has 3 atom stereocenters. The van der Waals surface area contributed by atoms with Gasteiger partial charge in [0, 0.05) is 12.6 Å². The van der Waals surface area contributed by atoms with Gasteiger partial charge in [-0.3, -0.25) is 9.69 Å². The molecule has 5 nitrogen and oxygen atoms in total. The van der Waals surface area contributed by atoms with Crippen LogP contribution in [0.4, 0.5) is 0 Å². The summed E-state index contributed by atoms with van der Waals surface area (Å²) in [5.74, 6) is -0.285. The number of unbranched alkanes of at least 4 members (excludes halogenated alkanes) is 1. The lowest BCUT2D eigenvalue weighted by molar-refractivity contribution is -0.149. The van der Waals surface area contributed by atoms with Crippen molar-refractivity contribution in [2.75, 3.05) is 26.3 Å². The van der Waals surface area contributed by atoms with Gasteiger partial charge in [0.05, 0.1) is 19.3 Å². The molecule has 1 aliphatic heterocycles. The maximum Gasteiger partial charge on any atom is 0.325 e. The second kappa shape index (κ2) is 7.56. The second-order valence-corrected chi connectivity index (χ2v) is 6.54. The number of hydrogen-bond donors (Lipinski definition) is 1. The molecule has 0 aromatic carbocycles. The van der Waals surface area contributed by atoms with Gasteiger partial charge in [-0.15, -0.1) is 0 Å². The van der Waals surface area contributed by atoms with E-state index in [0.717, 1.165) is 32.5 Å². The highest BCUT2D eigenvalue weighted by atomic mass is 16.5. The molecule has 2 aliphatic rings. The maximum atomic E-state index is 11.7. The highest BCUT2D eigenvalue weighted by Crippen LogP contribution is 2.29. The van der Waals surface area contributed by atoms with Gasteiger partial charge in [0.25, 0.3) is 0 Å². The highest BCUT2D eigenvalue weighted by molar-refractivity contribution is 5.79. The van der Waals surface area contributed by atoms with Crippen LogP contribution in [0.2, 0.25) is 0 Å². The van der Waals surface area contributed by atoms with Gasteiger partial charge in [-0.25, -0.2) is 0 Å². The third-order valence-corrected chi connectivity index (χ3v) is 4.73. The Bertz CT molecular complexity index is 346. The Morgan fingerprint density at radius 2 is 2.24 bits per heavy atom. The summed E-state index contributed by atoms with van der Waals surface area (Å²) in [4.78, 5) is 14.3. The summed E-state index contributed by atoms with van der Waals surface area (Å²) >= 11 is 0. The lowest BCUT2D eigenvalue weighted by Crippen LogP contribution is -2.49. The van der Waals surface area contributed by atoms with E-state index in [4.69, 9.17) is 15.2 Å². The van der Waals surface area contributed by atoms with Gasteiger partial charge in [0.15, 0.2) is 0 Å². The lowest BCUT2D eigenvalue weighted by Gasteiger charge is -2.37. The standard InChI is InChI=1S/C16H30N2O3/c1-3-20-15(19)16(2,17)9-4-5-10-18-11-12-21-14-8-6-7-13(14)18/h13-14H,3-12,17H2,1-2H3. The third kappa shape index (κ3) is 4.41. The molecule has 0 amide bonds. The topological polar surface area (TPSA) is 64.8 Å². The quantitative estimate of drug-likeness (QED) is 0.572. The second-order valence-electron chi connectivity index (χ2n) is 6.54. The van der Waals surface area contributed by atoms with Gasteiger partial charge in [0.1, 0.15) is 5.54 Å². The van der Waals surface area contributed by atoms with Crippen molar-refractivity contribution in [3.8, 4) is 0 Å². The molecule has 2 N–H and O–H groups in total. The fourth-order valence-corrected chi connectivity index (χ4v) is 3.49. The molecule has 21 heavy (non-hydrogen) atoms. The summed E-state index contributed by atoms with van der Waals surface area (Å²) in [7, 11) is 0. The molecule has 0 bridgehead atoms. The Kier molecular flexibility index (Phi) is 6.02. The van der Waals surface area contributed by atoms with Crippen LogP contribution >= 0.6 is 0 Å². The van der Waals surface area contributed by atoms with Gasteiger partial charge < -0.3 is 15.2 Å². The minimum atomic E-state index is -0.850. The third-order valence-electron chi connectivity index (χ3n) is 4.73. The number of nitrogens with zero attached hydrogens (tertiary/aromatic N) is 1. The van der Waals surface area contributed by atoms with Crippen molar-refractivity contribution >= 4 is 5.97 Å². The van der Waals surface area contributed by atoms with E-state index in [1.165, 1.54) is 19.3 Å². The molecule has 1 aliphatic carbocycles. The Balaban J connectivity index is 1.68. The van der Waals surface area contributed by atoms with Crippen LogP contribution in [-0.4, -0.2) is 54.9 Å². The molecule has 122 valence electrons. The predicted octanol–water partition coefficient (Wildman–Crippen LogP) is 1.69. The fraction of sp³-hybridized carbons (Fsp3) is 0.938. The number of fused-ring (bicyclic) bond motifs is 1. The van der Waals surface area contributed by atoms with Crippen LogP contribution in [-0.2, 0) is 14.3 Å². The van der Waals surface area contributed by atoms with Crippen molar-refractivity contribution in [2.24, 2.45) is 5.73 Å². The van der Waals surface area contributed by atoms with E-state index in [1.807, 2.05) is 6.92 Å². The van der Waals surface area contributed by atoms with E-state index in [-0.39, 0.29) is 5.97 Å². The van der Waals surface area contributed by atoms with E-state index in [2.05, 4.69) is 4.90 Å². The molecule has 0 aromatic heterocycles. The summed E-state index contributed by atoms with van der Waals surface area (Å²) in [6.45, 7) is 6.96. The van der Waals surface area contributed by atoms with Gasteiger partial charge >= 0.3 is 5.97 Å². The number of ether oxygens (including phenoxy) is 2. The number of rotatable bonds is 7. The Morgan fingerprint density at radius 1 is 1.43 bits per heavy atom. The van der Waals surface area contributed by atoms with Crippen LogP contribution < -0.4 is 5.73 Å². The van der Waals surface area contributed by atoms with Crippen molar-refractivity contribution in [1.82, 2.24) is 4.90 Å². The molecule has 2 rings (SSSR count). The van der Waals surface area contributed by atoms with Crippen LogP contribution in [0.3, 0.4) is 0 Å². The summed E-state index contributed by atoms with van der Waals surface area (Å²) in [5, 5.41) is 0. The first-order valence-corrected chi connectivity index (χ1v) is 8.36. The number of carbonyl (C=O) groups excluding carboxylic acids is 1. The number of hydrogen-bond acceptors (Lipinski definition) is 5.